The van der Waals surface area contributed by atoms with E-state index in [1.165, 1.54) is 13.8 Å². The highest BCUT2D eigenvalue weighted by Gasteiger charge is 2.35. The minimum atomic E-state index is -2.08. The highest BCUT2D eigenvalue weighted by molar-refractivity contribution is 5.83. The molecule has 0 heterocycles. The molecular formula is C17H17FO4. The predicted molar refractivity (Wildman–Crippen MR) is 80.0 cm³/mol. The summed E-state index contributed by atoms with van der Waals surface area (Å²) >= 11 is 0. The molecule has 2 rings (SSSR count). The molecule has 0 aliphatic heterocycles. The Bertz CT molecular complexity index is 678. The Hall–Kier alpha value is -2.43. The first-order valence-corrected chi connectivity index (χ1v) is 6.86. The standard InChI is InChI=1S/C17H17FO4/c1-12(19)21-10-17(18,11-22-13(2)20)16-8-7-14-5-3-4-6-15(14)9-16/h3-9H,10-11H2,1-2H3. The Morgan fingerprint density at radius 1 is 0.955 bits per heavy atom. The Morgan fingerprint density at radius 3 is 2.05 bits per heavy atom. The molecule has 0 saturated carbocycles. The lowest BCUT2D eigenvalue weighted by Gasteiger charge is -2.25. The number of fused-ring (bicyclic) bond motifs is 1. The van der Waals surface area contributed by atoms with E-state index in [1.807, 2.05) is 24.3 Å². The van der Waals surface area contributed by atoms with Gasteiger partial charge in [0.05, 0.1) is 0 Å². The van der Waals surface area contributed by atoms with Crippen LogP contribution in [0.4, 0.5) is 4.39 Å². The average molecular weight is 304 g/mol. The summed E-state index contributed by atoms with van der Waals surface area (Å²) < 4.78 is 24.8. The van der Waals surface area contributed by atoms with Crippen molar-refractivity contribution < 1.29 is 23.5 Å². The quantitative estimate of drug-likeness (QED) is 0.796. The number of hydrogen-bond acceptors (Lipinski definition) is 4. The molecule has 0 spiro atoms. The predicted octanol–water partition coefficient (Wildman–Crippen LogP) is 3.13. The lowest BCUT2D eigenvalue weighted by Crippen LogP contribution is -2.34. The topological polar surface area (TPSA) is 52.6 Å². The van der Waals surface area contributed by atoms with Crippen LogP contribution in [0.1, 0.15) is 19.4 Å². The van der Waals surface area contributed by atoms with Crippen molar-refractivity contribution in [1.82, 2.24) is 0 Å². The Balaban J connectivity index is 2.35. The summed E-state index contributed by atoms with van der Waals surface area (Å²) in [5.41, 5.74) is -1.78. The molecule has 0 saturated heterocycles. The molecule has 0 radical (unpaired) electrons. The fourth-order valence-electron chi connectivity index (χ4n) is 2.11. The van der Waals surface area contributed by atoms with Crippen molar-refractivity contribution in [2.24, 2.45) is 0 Å². The molecule has 0 fully saturated rings. The SMILES string of the molecule is CC(=O)OCC(F)(COC(C)=O)c1ccc2ccccc2c1. The van der Waals surface area contributed by atoms with Gasteiger partial charge in [0.15, 0.2) is 0 Å². The fourth-order valence-corrected chi connectivity index (χ4v) is 2.11. The first-order chi connectivity index (χ1) is 10.4. The van der Waals surface area contributed by atoms with Crippen molar-refractivity contribution >= 4 is 22.7 Å². The zero-order valence-corrected chi connectivity index (χ0v) is 12.5. The van der Waals surface area contributed by atoms with Crippen LogP contribution in [0.15, 0.2) is 42.5 Å². The smallest absolute Gasteiger partial charge is 0.302 e. The van der Waals surface area contributed by atoms with Crippen LogP contribution in [0.5, 0.6) is 0 Å². The van der Waals surface area contributed by atoms with Gasteiger partial charge in [0, 0.05) is 13.8 Å². The van der Waals surface area contributed by atoms with Crippen molar-refractivity contribution in [2.75, 3.05) is 13.2 Å². The average Bonchev–Trinajstić information content (AvgIpc) is 2.50. The largest absolute Gasteiger partial charge is 0.462 e. The van der Waals surface area contributed by atoms with Gasteiger partial charge in [-0.05, 0) is 22.4 Å². The Labute approximate surface area is 127 Å². The lowest BCUT2D eigenvalue weighted by atomic mass is 9.94. The first kappa shape index (κ1) is 15.9. The van der Waals surface area contributed by atoms with Crippen LogP contribution in [0.2, 0.25) is 0 Å². The van der Waals surface area contributed by atoms with Gasteiger partial charge in [-0.25, -0.2) is 4.39 Å². The second kappa shape index (κ2) is 6.56. The van der Waals surface area contributed by atoms with E-state index in [2.05, 4.69) is 0 Å². The Morgan fingerprint density at radius 2 is 1.50 bits per heavy atom. The molecule has 0 atom stereocenters. The Kier molecular flexibility index (Phi) is 4.75. The minimum absolute atomic E-state index is 0.300. The zero-order chi connectivity index (χ0) is 16.2. The van der Waals surface area contributed by atoms with E-state index < -0.39 is 30.8 Å². The number of benzene rings is 2. The van der Waals surface area contributed by atoms with Crippen LogP contribution in [-0.2, 0) is 24.7 Å². The number of hydrogen-bond donors (Lipinski definition) is 0. The molecule has 5 heteroatoms. The third-order valence-corrected chi connectivity index (χ3v) is 3.28. The molecule has 22 heavy (non-hydrogen) atoms. The molecule has 0 amide bonds. The number of ether oxygens (including phenoxy) is 2. The summed E-state index contributed by atoms with van der Waals surface area (Å²) in [6.07, 6.45) is 0. The number of alkyl halides is 1. The number of carbonyl (C=O) groups excluding carboxylic acids is 2. The van der Waals surface area contributed by atoms with E-state index in [0.717, 1.165) is 10.8 Å². The number of esters is 2. The van der Waals surface area contributed by atoms with Gasteiger partial charge in [-0.3, -0.25) is 9.59 Å². The van der Waals surface area contributed by atoms with Crippen molar-refractivity contribution in [3.63, 3.8) is 0 Å². The van der Waals surface area contributed by atoms with Crippen molar-refractivity contribution in [1.29, 1.82) is 0 Å². The first-order valence-electron chi connectivity index (χ1n) is 6.86. The third-order valence-electron chi connectivity index (χ3n) is 3.28. The van der Waals surface area contributed by atoms with Gasteiger partial charge in [0.1, 0.15) is 13.2 Å². The molecular weight excluding hydrogens is 287 g/mol. The molecule has 2 aromatic rings. The highest BCUT2D eigenvalue weighted by Crippen LogP contribution is 2.30. The molecule has 4 nitrogen and oxygen atoms in total. The molecule has 116 valence electrons. The second-order valence-electron chi connectivity index (χ2n) is 5.09. The zero-order valence-electron chi connectivity index (χ0n) is 12.5. The summed E-state index contributed by atoms with van der Waals surface area (Å²) in [7, 11) is 0. The van der Waals surface area contributed by atoms with E-state index in [-0.39, 0.29) is 0 Å². The lowest BCUT2D eigenvalue weighted by molar-refractivity contribution is -0.153. The van der Waals surface area contributed by atoms with Gasteiger partial charge in [-0.1, -0.05) is 36.4 Å². The van der Waals surface area contributed by atoms with Crippen molar-refractivity contribution in [3.8, 4) is 0 Å². The maximum atomic E-state index is 15.2. The fraction of sp³-hybridized carbons (Fsp3) is 0.294. The minimum Gasteiger partial charge on any atom is -0.462 e. The van der Waals surface area contributed by atoms with E-state index >= 15 is 4.39 Å². The van der Waals surface area contributed by atoms with E-state index in [4.69, 9.17) is 9.47 Å². The molecule has 0 aromatic heterocycles. The summed E-state index contributed by atoms with van der Waals surface area (Å²) in [4.78, 5) is 22.0. The number of halogens is 1. The molecule has 2 aromatic carbocycles. The maximum absolute atomic E-state index is 15.2. The highest BCUT2D eigenvalue weighted by atomic mass is 19.1. The second-order valence-corrected chi connectivity index (χ2v) is 5.09. The van der Waals surface area contributed by atoms with Crippen LogP contribution in [-0.4, -0.2) is 25.2 Å². The van der Waals surface area contributed by atoms with E-state index in [1.54, 1.807) is 18.2 Å². The van der Waals surface area contributed by atoms with Crippen LogP contribution in [0.25, 0.3) is 10.8 Å². The van der Waals surface area contributed by atoms with E-state index in [0.29, 0.717) is 5.56 Å². The molecule has 0 unspecified atom stereocenters. The van der Waals surface area contributed by atoms with Gasteiger partial charge < -0.3 is 9.47 Å². The third kappa shape index (κ3) is 3.81. The molecule has 0 aliphatic rings. The summed E-state index contributed by atoms with van der Waals surface area (Å²) in [6.45, 7) is 1.39. The number of carbonyl (C=O) groups is 2. The van der Waals surface area contributed by atoms with Gasteiger partial charge in [0.2, 0.25) is 5.67 Å². The molecule has 0 N–H and O–H groups in total. The van der Waals surface area contributed by atoms with Gasteiger partial charge in [-0.2, -0.15) is 0 Å². The van der Waals surface area contributed by atoms with Crippen molar-refractivity contribution in [2.45, 2.75) is 19.5 Å². The van der Waals surface area contributed by atoms with Crippen LogP contribution >= 0.6 is 0 Å². The van der Waals surface area contributed by atoms with Gasteiger partial charge in [-0.15, -0.1) is 0 Å². The van der Waals surface area contributed by atoms with Crippen LogP contribution < -0.4 is 0 Å². The van der Waals surface area contributed by atoms with E-state index in [9.17, 15) is 9.59 Å². The van der Waals surface area contributed by atoms with Crippen molar-refractivity contribution in [3.05, 3.63) is 48.0 Å². The van der Waals surface area contributed by atoms with Gasteiger partial charge in [0.25, 0.3) is 0 Å². The summed E-state index contributed by atoms with van der Waals surface area (Å²) in [6, 6.07) is 12.6. The normalized spacial score (nSPS) is 11.2. The summed E-state index contributed by atoms with van der Waals surface area (Å²) in [5, 5.41) is 1.82. The number of rotatable bonds is 5. The molecule has 0 bridgehead atoms. The monoisotopic (exact) mass is 304 g/mol. The molecule has 0 aliphatic carbocycles. The van der Waals surface area contributed by atoms with Gasteiger partial charge >= 0.3 is 11.9 Å². The van der Waals surface area contributed by atoms with Crippen LogP contribution in [0, 0.1) is 0 Å². The van der Waals surface area contributed by atoms with Crippen LogP contribution in [0.3, 0.4) is 0 Å². The summed E-state index contributed by atoms with van der Waals surface area (Å²) in [5.74, 6) is -1.18. The maximum Gasteiger partial charge on any atom is 0.302 e.